The van der Waals surface area contributed by atoms with Crippen LogP contribution in [0.1, 0.15) is 55.4 Å². The average molecular weight is 368 g/mol. The van der Waals surface area contributed by atoms with Crippen molar-refractivity contribution in [3.63, 3.8) is 0 Å². The van der Waals surface area contributed by atoms with E-state index in [0.717, 1.165) is 10.4 Å². The van der Waals surface area contributed by atoms with Crippen molar-refractivity contribution in [2.24, 2.45) is 5.41 Å². The molecule has 2 amide bonds. The second-order valence-electron chi connectivity index (χ2n) is 6.83. The Labute approximate surface area is 153 Å². The van der Waals surface area contributed by atoms with Crippen molar-refractivity contribution in [3.05, 3.63) is 16.0 Å². The maximum Gasteiger partial charge on any atom is 0.341 e. The number of nitrogens with one attached hydrogen (secondary N) is 1. The number of anilines is 1. The number of ether oxygens (including phenoxy) is 1. The third-order valence-electron chi connectivity index (χ3n) is 3.94. The summed E-state index contributed by atoms with van der Waals surface area (Å²) in [4.78, 5) is 39.3. The molecule has 0 fully saturated rings. The fraction of sp³-hybridized carbons (Fsp3) is 0.611. The number of rotatable bonds is 6. The van der Waals surface area contributed by atoms with E-state index >= 15 is 0 Å². The zero-order valence-corrected chi connectivity index (χ0v) is 16.9. The Bertz CT molecular complexity index is 655. The van der Waals surface area contributed by atoms with E-state index in [1.54, 1.807) is 32.6 Å². The van der Waals surface area contributed by atoms with Gasteiger partial charge < -0.3 is 15.0 Å². The van der Waals surface area contributed by atoms with Crippen molar-refractivity contribution in [3.8, 4) is 0 Å². The van der Waals surface area contributed by atoms with Crippen molar-refractivity contribution in [1.82, 2.24) is 4.90 Å². The van der Waals surface area contributed by atoms with Crippen LogP contribution in [0.5, 0.6) is 0 Å². The highest BCUT2D eigenvalue weighted by Gasteiger charge is 2.27. The van der Waals surface area contributed by atoms with E-state index in [4.69, 9.17) is 4.74 Å². The molecule has 0 atom stereocenters. The summed E-state index contributed by atoms with van der Waals surface area (Å²) in [6.07, 6.45) is 0. The number of amides is 2. The molecule has 6 nitrogen and oxygen atoms in total. The normalized spacial score (nSPS) is 11.2. The number of hydrogen-bond acceptors (Lipinski definition) is 5. The van der Waals surface area contributed by atoms with Gasteiger partial charge in [0.1, 0.15) is 5.00 Å². The lowest BCUT2D eigenvalue weighted by molar-refractivity contribution is -0.134. The van der Waals surface area contributed by atoms with E-state index in [-0.39, 0.29) is 18.4 Å². The highest BCUT2D eigenvalue weighted by Crippen LogP contribution is 2.34. The van der Waals surface area contributed by atoms with E-state index in [1.165, 1.54) is 11.3 Å². The van der Waals surface area contributed by atoms with Gasteiger partial charge in [0.05, 0.1) is 5.56 Å². The average Bonchev–Trinajstić information content (AvgIpc) is 2.79. The van der Waals surface area contributed by atoms with Crippen LogP contribution in [0, 0.1) is 19.3 Å². The molecular formula is C18H28N2O4S. The van der Waals surface area contributed by atoms with Gasteiger partial charge in [-0.05, 0) is 33.3 Å². The Morgan fingerprint density at radius 3 is 2.16 bits per heavy atom. The number of likely N-dealkylation sites (N-methyl/N-ethyl adjacent to an activating group) is 1. The van der Waals surface area contributed by atoms with Crippen LogP contribution in [0.25, 0.3) is 0 Å². The SMILES string of the molecule is CCN(CC)C(=O)COC(=O)c1c(NC(=O)C(C)(C)C)sc(C)c1C. The van der Waals surface area contributed by atoms with Gasteiger partial charge in [-0.1, -0.05) is 20.8 Å². The summed E-state index contributed by atoms with van der Waals surface area (Å²) in [5.41, 5.74) is 0.507. The molecule has 0 saturated heterocycles. The second-order valence-corrected chi connectivity index (χ2v) is 8.06. The van der Waals surface area contributed by atoms with Crippen LogP contribution >= 0.6 is 11.3 Å². The fourth-order valence-corrected chi connectivity index (χ4v) is 3.16. The molecule has 0 bridgehead atoms. The van der Waals surface area contributed by atoms with Gasteiger partial charge in [-0.3, -0.25) is 9.59 Å². The van der Waals surface area contributed by atoms with Crippen LogP contribution in [0.4, 0.5) is 5.00 Å². The van der Waals surface area contributed by atoms with Crippen LogP contribution in [0.2, 0.25) is 0 Å². The maximum atomic E-state index is 12.5. The highest BCUT2D eigenvalue weighted by molar-refractivity contribution is 7.16. The first-order chi connectivity index (χ1) is 11.5. The smallest absolute Gasteiger partial charge is 0.341 e. The molecule has 140 valence electrons. The van der Waals surface area contributed by atoms with Gasteiger partial charge in [0, 0.05) is 23.4 Å². The third-order valence-corrected chi connectivity index (χ3v) is 5.06. The van der Waals surface area contributed by atoms with Crippen molar-refractivity contribution >= 4 is 34.1 Å². The summed E-state index contributed by atoms with van der Waals surface area (Å²) in [5, 5.41) is 3.28. The van der Waals surface area contributed by atoms with Gasteiger partial charge in [-0.2, -0.15) is 0 Å². The molecule has 1 rings (SSSR count). The molecule has 0 aliphatic heterocycles. The van der Waals surface area contributed by atoms with Crippen LogP contribution in [0.15, 0.2) is 0 Å². The number of nitrogens with zero attached hydrogens (tertiary/aromatic N) is 1. The minimum absolute atomic E-state index is 0.179. The van der Waals surface area contributed by atoms with Gasteiger partial charge in [-0.25, -0.2) is 4.79 Å². The van der Waals surface area contributed by atoms with E-state index in [0.29, 0.717) is 23.7 Å². The van der Waals surface area contributed by atoms with Gasteiger partial charge in [-0.15, -0.1) is 11.3 Å². The van der Waals surface area contributed by atoms with Gasteiger partial charge in [0.25, 0.3) is 5.91 Å². The van der Waals surface area contributed by atoms with Crippen molar-refractivity contribution in [2.45, 2.75) is 48.5 Å². The molecule has 1 N–H and O–H groups in total. The summed E-state index contributed by atoms with van der Waals surface area (Å²) >= 11 is 1.34. The topological polar surface area (TPSA) is 75.7 Å². The van der Waals surface area contributed by atoms with Crippen molar-refractivity contribution in [1.29, 1.82) is 0 Å². The molecular weight excluding hydrogens is 340 g/mol. The summed E-state index contributed by atoms with van der Waals surface area (Å²) in [6, 6.07) is 0. The summed E-state index contributed by atoms with van der Waals surface area (Å²) in [5.74, 6) is -1.00. The molecule has 0 aromatic carbocycles. The lowest BCUT2D eigenvalue weighted by Gasteiger charge is -2.19. The quantitative estimate of drug-likeness (QED) is 0.781. The monoisotopic (exact) mass is 368 g/mol. The number of thiophene rings is 1. The molecule has 0 aliphatic carbocycles. The number of carbonyl (C=O) groups is 3. The molecule has 0 spiro atoms. The van der Waals surface area contributed by atoms with E-state index in [9.17, 15) is 14.4 Å². The minimum Gasteiger partial charge on any atom is -0.452 e. The second kappa shape index (κ2) is 8.47. The molecule has 1 heterocycles. The number of carbonyl (C=O) groups excluding carboxylic acids is 3. The predicted molar refractivity (Wildman–Crippen MR) is 100 cm³/mol. The largest absolute Gasteiger partial charge is 0.452 e. The highest BCUT2D eigenvalue weighted by atomic mass is 32.1. The first-order valence-electron chi connectivity index (χ1n) is 8.39. The zero-order valence-electron chi connectivity index (χ0n) is 16.1. The van der Waals surface area contributed by atoms with E-state index in [2.05, 4.69) is 5.32 Å². The maximum absolute atomic E-state index is 12.5. The molecule has 0 radical (unpaired) electrons. The molecule has 0 aliphatic rings. The van der Waals surface area contributed by atoms with Gasteiger partial charge in [0.15, 0.2) is 6.61 Å². The summed E-state index contributed by atoms with van der Waals surface area (Å²) < 4.78 is 5.20. The van der Waals surface area contributed by atoms with Crippen molar-refractivity contribution < 1.29 is 19.1 Å². The first kappa shape index (κ1) is 21.2. The predicted octanol–water partition coefficient (Wildman–Crippen LogP) is 3.37. The van der Waals surface area contributed by atoms with Gasteiger partial charge >= 0.3 is 5.97 Å². The lowest BCUT2D eigenvalue weighted by Crippen LogP contribution is -2.34. The molecule has 0 unspecified atom stereocenters. The van der Waals surface area contributed by atoms with Crippen LogP contribution in [-0.4, -0.2) is 42.4 Å². The summed E-state index contributed by atoms with van der Waals surface area (Å²) in [7, 11) is 0. The van der Waals surface area contributed by atoms with E-state index in [1.807, 2.05) is 20.8 Å². The zero-order chi connectivity index (χ0) is 19.4. The Kier molecular flexibility index (Phi) is 7.17. The van der Waals surface area contributed by atoms with Crippen LogP contribution in [-0.2, 0) is 14.3 Å². The Balaban J connectivity index is 2.95. The Hall–Kier alpha value is -1.89. The van der Waals surface area contributed by atoms with Crippen LogP contribution in [0.3, 0.4) is 0 Å². The molecule has 1 aromatic heterocycles. The van der Waals surface area contributed by atoms with Crippen LogP contribution < -0.4 is 5.32 Å². The van der Waals surface area contributed by atoms with E-state index < -0.39 is 11.4 Å². The first-order valence-corrected chi connectivity index (χ1v) is 9.20. The molecule has 1 aromatic rings. The number of esters is 1. The Morgan fingerprint density at radius 1 is 1.12 bits per heavy atom. The minimum atomic E-state index is -0.591. The standard InChI is InChI=1S/C18H28N2O4S/c1-8-20(9-2)13(21)10-24-16(22)14-11(3)12(4)25-15(14)19-17(23)18(5,6)7/h8-10H2,1-7H3,(H,19,23). The number of hydrogen-bond donors (Lipinski definition) is 1. The molecule has 25 heavy (non-hydrogen) atoms. The number of aryl methyl sites for hydroxylation is 1. The van der Waals surface area contributed by atoms with Gasteiger partial charge in [0.2, 0.25) is 5.91 Å². The molecule has 0 saturated carbocycles. The lowest BCUT2D eigenvalue weighted by atomic mass is 9.96. The Morgan fingerprint density at radius 2 is 1.68 bits per heavy atom. The summed E-state index contributed by atoms with van der Waals surface area (Å²) in [6.45, 7) is 13.7. The van der Waals surface area contributed by atoms with Crippen molar-refractivity contribution in [2.75, 3.05) is 25.0 Å². The molecule has 7 heteroatoms. The fourth-order valence-electron chi connectivity index (χ4n) is 2.12. The third kappa shape index (κ3) is 5.29.